The van der Waals surface area contributed by atoms with Crippen LogP contribution in [0.15, 0.2) is 18.5 Å². The normalized spacial score (nSPS) is 17.4. The highest BCUT2D eigenvalue weighted by Crippen LogP contribution is 2.19. The Balaban J connectivity index is 2.20. The summed E-state index contributed by atoms with van der Waals surface area (Å²) in [5.74, 6) is 4.34. The van der Waals surface area contributed by atoms with Crippen molar-refractivity contribution >= 4 is 11.8 Å². The van der Waals surface area contributed by atoms with Crippen molar-refractivity contribution in [2.75, 3.05) is 19.7 Å². The fourth-order valence-corrected chi connectivity index (χ4v) is 2.16. The highest BCUT2D eigenvalue weighted by atomic mass is 16.2. The highest BCUT2D eigenvalue weighted by molar-refractivity contribution is 5.97. The van der Waals surface area contributed by atoms with Crippen LogP contribution >= 0.6 is 0 Å². The van der Waals surface area contributed by atoms with E-state index in [4.69, 9.17) is 10.8 Å². The van der Waals surface area contributed by atoms with Crippen molar-refractivity contribution in [3.63, 3.8) is 0 Å². The Hall–Kier alpha value is -2.39. The lowest BCUT2D eigenvalue weighted by atomic mass is 10.1. The van der Waals surface area contributed by atoms with Crippen molar-refractivity contribution in [3.05, 3.63) is 29.6 Å². The second-order valence-electron chi connectivity index (χ2n) is 4.52. The lowest BCUT2D eigenvalue weighted by molar-refractivity contribution is -0.121. The van der Waals surface area contributed by atoms with E-state index in [2.05, 4.69) is 16.8 Å². The molecule has 1 aromatic rings. The fourth-order valence-electron chi connectivity index (χ4n) is 2.16. The SMILES string of the molecule is NC(=O)C1CCN(C(=O)c2ccncc2C#CCO)C1. The van der Waals surface area contributed by atoms with E-state index in [1.165, 1.54) is 12.4 Å². The maximum absolute atomic E-state index is 12.4. The Morgan fingerprint density at radius 1 is 1.55 bits per heavy atom. The molecule has 1 aliphatic rings. The van der Waals surface area contributed by atoms with Crippen LogP contribution < -0.4 is 5.73 Å². The lowest BCUT2D eigenvalue weighted by Gasteiger charge is -2.16. The van der Waals surface area contributed by atoms with Crippen LogP contribution in [0, 0.1) is 17.8 Å². The second kappa shape index (κ2) is 6.17. The standard InChI is InChI=1S/C14H15N3O3/c15-13(19)11-4-6-17(9-11)14(20)12-3-5-16-8-10(12)2-1-7-18/h3,5,8,11,18H,4,6-7,9H2,(H2,15,19). The van der Waals surface area contributed by atoms with Gasteiger partial charge in [-0.2, -0.15) is 0 Å². The highest BCUT2D eigenvalue weighted by Gasteiger charge is 2.30. The third kappa shape index (κ3) is 2.95. The van der Waals surface area contributed by atoms with Gasteiger partial charge >= 0.3 is 0 Å². The number of primary amides is 1. The van der Waals surface area contributed by atoms with E-state index < -0.39 is 0 Å². The van der Waals surface area contributed by atoms with Gasteiger partial charge < -0.3 is 15.7 Å². The molecule has 0 aliphatic carbocycles. The Morgan fingerprint density at radius 3 is 3.00 bits per heavy atom. The van der Waals surface area contributed by atoms with E-state index in [1.807, 2.05) is 0 Å². The minimum absolute atomic E-state index is 0.196. The summed E-state index contributed by atoms with van der Waals surface area (Å²) in [6.07, 6.45) is 3.58. The van der Waals surface area contributed by atoms with E-state index in [-0.39, 0.29) is 24.3 Å². The van der Waals surface area contributed by atoms with Gasteiger partial charge in [0.25, 0.3) is 5.91 Å². The topological polar surface area (TPSA) is 96.5 Å². The number of carbonyl (C=O) groups excluding carboxylic acids is 2. The number of hydrogen-bond acceptors (Lipinski definition) is 4. The molecule has 2 rings (SSSR count). The number of aliphatic hydroxyl groups is 1. The van der Waals surface area contributed by atoms with Crippen molar-refractivity contribution in [2.24, 2.45) is 11.7 Å². The molecule has 1 unspecified atom stereocenters. The van der Waals surface area contributed by atoms with Crippen LogP contribution in [0.3, 0.4) is 0 Å². The number of pyridine rings is 1. The summed E-state index contributed by atoms with van der Waals surface area (Å²) >= 11 is 0. The minimum atomic E-state index is -0.379. The summed E-state index contributed by atoms with van der Waals surface area (Å²) in [6, 6.07) is 1.58. The first kappa shape index (κ1) is 14.0. The molecule has 0 spiro atoms. The van der Waals surface area contributed by atoms with Crippen LogP contribution in [0.5, 0.6) is 0 Å². The second-order valence-corrected chi connectivity index (χ2v) is 4.52. The van der Waals surface area contributed by atoms with Gasteiger partial charge in [-0.1, -0.05) is 11.8 Å². The molecule has 104 valence electrons. The average Bonchev–Trinajstić information content (AvgIpc) is 2.94. The van der Waals surface area contributed by atoms with Gasteiger partial charge in [0.05, 0.1) is 17.0 Å². The quantitative estimate of drug-likeness (QED) is 0.701. The predicted octanol–water partition coefficient (Wildman–Crippen LogP) is -0.627. The summed E-state index contributed by atoms with van der Waals surface area (Å²) in [7, 11) is 0. The summed E-state index contributed by atoms with van der Waals surface area (Å²) in [4.78, 5) is 29.1. The first-order valence-corrected chi connectivity index (χ1v) is 6.26. The van der Waals surface area contributed by atoms with Gasteiger partial charge in [-0.25, -0.2) is 0 Å². The number of carbonyl (C=O) groups is 2. The molecule has 20 heavy (non-hydrogen) atoms. The predicted molar refractivity (Wildman–Crippen MR) is 71.4 cm³/mol. The summed E-state index contributed by atoms with van der Waals surface area (Å²) in [6.45, 7) is 0.557. The Bertz CT molecular complexity index is 589. The number of aromatic nitrogens is 1. The zero-order valence-electron chi connectivity index (χ0n) is 10.9. The Labute approximate surface area is 116 Å². The molecule has 6 heteroatoms. The van der Waals surface area contributed by atoms with E-state index in [0.29, 0.717) is 30.6 Å². The largest absolute Gasteiger partial charge is 0.384 e. The van der Waals surface area contributed by atoms with Gasteiger partial charge in [-0.3, -0.25) is 14.6 Å². The van der Waals surface area contributed by atoms with E-state index >= 15 is 0 Å². The first-order chi connectivity index (χ1) is 9.63. The number of likely N-dealkylation sites (tertiary alicyclic amines) is 1. The van der Waals surface area contributed by atoms with Gasteiger partial charge in [-0.15, -0.1) is 0 Å². The molecule has 0 aromatic carbocycles. The fraction of sp³-hybridized carbons (Fsp3) is 0.357. The number of nitrogens with zero attached hydrogens (tertiary/aromatic N) is 2. The van der Waals surface area contributed by atoms with Crippen LogP contribution in [0.1, 0.15) is 22.3 Å². The van der Waals surface area contributed by atoms with Gasteiger partial charge in [0.1, 0.15) is 6.61 Å². The van der Waals surface area contributed by atoms with E-state index in [9.17, 15) is 9.59 Å². The van der Waals surface area contributed by atoms with Crippen LogP contribution in [-0.4, -0.2) is 46.5 Å². The molecule has 1 fully saturated rings. The lowest BCUT2D eigenvalue weighted by Crippen LogP contribution is -2.32. The summed E-state index contributed by atoms with van der Waals surface area (Å²) in [5, 5.41) is 8.72. The number of hydrogen-bond donors (Lipinski definition) is 2. The molecular formula is C14H15N3O3. The molecule has 0 saturated carbocycles. The van der Waals surface area contributed by atoms with Crippen LogP contribution in [0.4, 0.5) is 0 Å². The third-order valence-electron chi connectivity index (χ3n) is 3.23. The molecule has 1 aliphatic heterocycles. The van der Waals surface area contributed by atoms with Crippen molar-refractivity contribution in [1.29, 1.82) is 0 Å². The molecule has 1 saturated heterocycles. The van der Waals surface area contributed by atoms with Gasteiger partial charge in [0, 0.05) is 25.5 Å². The maximum Gasteiger partial charge on any atom is 0.255 e. The average molecular weight is 273 g/mol. The zero-order valence-corrected chi connectivity index (χ0v) is 10.9. The summed E-state index contributed by atoms with van der Waals surface area (Å²) < 4.78 is 0. The number of amides is 2. The molecule has 0 bridgehead atoms. The van der Waals surface area contributed by atoms with Crippen LogP contribution in [0.25, 0.3) is 0 Å². The zero-order chi connectivity index (χ0) is 14.5. The van der Waals surface area contributed by atoms with E-state index in [0.717, 1.165) is 0 Å². The number of aliphatic hydroxyl groups excluding tert-OH is 1. The molecular weight excluding hydrogens is 258 g/mol. The first-order valence-electron chi connectivity index (χ1n) is 6.26. The summed E-state index contributed by atoms with van der Waals surface area (Å²) in [5.41, 5.74) is 6.15. The van der Waals surface area contributed by atoms with Crippen LogP contribution in [0.2, 0.25) is 0 Å². The Morgan fingerprint density at radius 2 is 2.35 bits per heavy atom. The Kier molecular flexibility index (Phi) is 4.33. The molecule has 2 heterocycles. The van der Waals surface area contributed by atoms with Crippen molar-refractivity contribution in [3.8, 4) is 11.8 Å². The smallest absolute Gasteiger partial charge is 0.255 e. The molecule has 6 nitrogen and oxygen atoms in total. The number of rotatable bonds is 2. The molecule has 1 aromatic heterocycles. The molecule has 3 N–H and O–H groups in total. The molecule has 1 atom stereocenters. The van der Waals surface area contributed by atoms with Crippen molar-refractivity contribution in [1.82, 2.24) is 9.88 Å². The van der Waals surface area contributed by atoms with Crippen LogP contribution in [-0.2, 0) is 4.79 Å². The molecule has 2 amide bonds. The van der Waals surface area contributed by atoms with Gasteiger partial charge in [0.2, 0.25) is 5.91 Å². The molecule has 0 radical (unpaired) electrons. The maximum atomic E-state index is 12.4. The monoisotopic (exact) mass is 273 g/mol. The third-order valence-corrected chi connectivity index (χ3v) is 3.23. The van der Waals surface area contributed by atoms with Crippen molar-refractivity contribution in [2.45, 2.75) is 6.42 Å². The number of nitrogens with two attached hydrogens (primary N) is 1. The van der Waals surface area contributed by atoms with Crippen molar-refractivity contribution < 1.29 is 14.7 Å². The van der Waals surface area contributed by atoms with Gasteiger partial charge in [-0.05, 0) is 12.5 Å². The minimum Gasteiger partial charge on any atom is -0.384 e. The van der Waals surface area contributed by atoms with E-state index in [1.54, 1.807) is 11.0 Å². The van der Waals surface area contributed by atoms with Gasteiger partial charge in [0.15, 0.2) is 0 Å².